The van der Waals surface area contributed by atoms with Gasteiger partial charge in [0.15, 0.2) is 0 Å². The highest BCUT2D eigenvalue weighted by Crippen LogP contribution is 2.19. The summed E-state index contributed by atoms with van der Waals surface area (Å²) in [6.45, 7) is 5.38. The lowest BCUT2D eigenvalue weighted by Gasteiger charge is -2.20. The van der Waals surface area contributed by atoms with Gasteiger partial charge in [-0.15, -0.1) is 0 Å². The zero-order valence-corrected chi connectivity index (χ0v) is 15.1. The van der Waals surface area contributed by atoms with E-state index in [1.807, 2.05) is 0 Å². The molecule has 1 heterocycles. The fraction of sp³-hybridized carbons (Fsp3) is 0.562. The molecule has 0 unspecified atom stereocenters. The van der Waals surface area contributed by atoms with Gasteiger partial charge in [0, 0.05) is 18.5 Å². The van der Waals surface area contributed by atoms with E-state index in [9.17, 15) is 9.59 Å². The highest BCUT2D eigenvalue weighted by Gasteiger charge is 2.19. The Kier molecular flexibility index (Phi) is 7.45. The molecule has 0 aliphatic rings. The van der Waals surface area contributed by atoms with Crippen molar-refractivity contribution in [2.24, 2.45) is 5.73 Å². The van der Waals surface area contributed by atoms with Crippen molar-refractivity contribution >= 4 is 35.0 Å². The van der Waals surface area contributed by atoms with Crippen LogP contribution in [-0.2, 0) is 20.7 Å². The first-order valence-corrected chi connectivity index (χ1v) is 8.15. The Balaban J connectivity index is 2.39. The van der Waals surface area contributed by atoms with Crippen LogP contribution in [0.3, 0.4) is 0 Å². The summed E-state index contributed by atoms with van der Waals surface area (Å²) in [5, 5.41) is 0.585. The molecular weight excluding hydrogens is 339 g/mol. The van der Waals surface area contributed by atoms with Gasteiger partial charge in [-0.3, -0.25) is 9.59 Å². The van der Waals surface area contributed by atoms with Gasteiger partial charge in [0.25, 0.3) is 0 Å². The van der Waals surface area contributed by atoms with E-state index < -0.39 is 11.6 Å². The SMILES string of the molecule is CC(C)(C)OC(=O)CC[C@@H](N)C(=O)CCc1ccc(Cl)c(Cl)n1. The molecule has 0 fully saturated rings. The number of ketones is 1. The summed E-state index contributed by atoms with van der Waals surface area (Å²) in [5.74, 6) is -0.478. The normalized spacial score (nSPS) is 12.8. The number of aromatic nitrogens is 1. The molecule has 128 valence electrons. The maximum atomic E-state index is 12.0. The Hall–Kier alpha value is -1.17. The third-order valence-electron chi connectivity index (χ3n) is 2.98. The lowest BCUT2D eigenvalue weighted by molar-refractivity contribution is -0.155. The number of carbonyl (C=O) groups excluding carboxylic acids is 2. The average molecular weight is 361 g/mol. The van der Waals surface area contributed by atoms with Gasteiger partial charge >= 0.3 is 5.97 Å². The standard InChI is InChI=1S/C16H22Cl2N2O3/c1-16(2,3)23-14(22)9-7-12(19)13(21)8-5-10-4-6-11(17)15(18)20-10/h4,6,12H,5,7-9,19H2,1-3H3/t12-/m1/s1. The number of esters is 1. The van der Waals surface area contributed by atoms with Crippen LogP contribution >= 0.6 is 23.2 Å². The number of hydrogen-bond donors (Lipinski definition) is 1. The van der Waals surface area contributed by atoms with E-state index in [0.29, 0.717) is 17.1 Å². The van der Waals surface area contributed by atoms with E-state index in [1.165, 1.54) is 0 Å². The van der Waals surface area contributed by atoms with Gasteiger partial charge in [-0.25, -0.2) is 4.98 Å². The molecule has 0 aromatic carbocycles. The van der Waals surface area contributed by atoms with Gasteiger partial charge < -0.3 is 10.5 Å². The van der Waals surface area contributed by atoms with E-state index in [2.05, 4.69) is 4.98 Å². The van der Waals surface area contributed by atoms with Crippen molar-refractivity contribution in [2.45, 2.75) is 58.1 Å². The molecule has 1 atom stereocenters. The maximum Gasteiger partial charge on any atom is 0.306 e. The largest absolute Gasteiger partial charge is 0.460 e. The maximum absolute atomic E-state index is 12.0. The highest BCUT2D eigenvalue weighted by atomic mass is 35.5. The van der Waals surface area contributed by atoms with E-state index in [-0.39, 0.29) is 36.2 Å². The number of pyridine rings is 1. The minimum absolute atomic E-state index is 0.120. The Morgan fingerprint density at radius 3 is 2.48 bits per heavy atom. The van der Waals surface area contributed by atoms with E-state index in [1.54, 1.807) is 32.9 Å². The molecule has 0 radical (unpaired) electrons. The summed E-state index contributed by atoms with van der Waals surface area (Å²) in [4.78, 5) is 27.7. The van der Waals surface area contributed by atoms with Crippen LogP contribution in [0.1, 0.15) is 45.7 Å². The van der Waals surface area contributed by atoms with Gasteiger partial charge in [-0.1, -0.05) is 23.2 Å². The first-order chi connectivity index (χ1) is 10.6. The summed E-state index contributed by atoms with van der Waals surface area (Å²) >= 11 is 11.6. The molecule has 0 bridgehead atoms. The number of rotatable bonds is 7. The van der Waals surface area contributed by atoms with Crippen LogP contribution in [0.15, 0.2) is 12.1 Å². The second-order valence-corrected chi connectivity index (χ2v) is 7.04. The number of nitrogens with two attached hydrogens (primary N) is 1. The Labute approximate surface area is 146 Å². The van der Waals surface area contributed by atoms with Crippen LogP contribution in [0.2, 0.25) is 10.2 Å². The summed E-state index contributed by atoms with van der Waals surface area (Å²) in [6.07, 6.45) is 1.05. The molecule has 2 N–H and O–H groups in total. The van der Waals surface area contributed by atoms with Crippen LogP contribution < -0.4 is 5.73 Å². The lowest BCUT2D eigenvalue weighted by atomic mass is 10.0. The molecule has 7 heteroatoms. The van der Waals surface area contributed by atoms with Gasteiger partial charge in [0.05, 0.1) is 11.1 Å². The smallest absolute Gasteiger partial charge is 0.306 e. The Bertz CT molecular complexity index is 571. The number of Topliss-reactive ketones (excluding diaryl/α,β-unsaturated/α-hetero) is 1. The number of nitrogens with zero attached hydrogens (tertiary/aromatic N) is 1. The monoisotopic (exact) mass is 360 g/mol. The van der Waals surface area contributed by atoms with Gasteiger partial charge in [0.1, 0.15) is 16.5 Å². The van der Waals surface area contributed by atoms with E-state index in [0.717, 1.165) is 0 Å². The summed E-state index contributed by atoms with van der Waals surface area (Å²) in [5.41, 5.74) is 5.96. The molecule has 0 saturated heterocycles. The quantitative estimate of drug-likeness (QED) is 0.595. The molecule has 0 aliphatic heterocycles. The zero-order valence-electron chi connectivity index (χ0n) is 13.6. The predicted octanol–water partition coefficient (Wildman–Crippen LogP) is 3.34. The van der Waals surface area contributed by atoms with Gasteiger partial charge in [-0.2, -0.15) is 0 Å². The molecule has 23 heavy (non-hydrogen) atoms. The van der Waals surface area contributed by atoms with Crippen LogP contribution in [-0.4, -0.2) is 28.4 Å². The third kappa shape index (κ3) is 7.77. The van der Waals surface area contributed by atoms with Crippen molar-refractivity contribution in [1.29, 1.82) is 0 Å². The van der Waals surface area contributed by atoms with Crippen LogP contribution in [0, 0.1) is 0 Å². The number of halogens is 2. The van der Waals surface area contributed by atoms with Crippen molar-refractivity contribution in [3.63, 3.8) is 0 Å². The second-order valence-electron chi connectivity index (χ2n) is 6.27. The average Bonchev–Trinajstić information content (AvgIpc) is 2.43. The van der Waals surface area contributed by atoms with Gasteiger partial charge in [0.2, 0.25) is 0 Å². The number of hydrogen-bond acceptors (Lipinski definition) is 5. The van der Waals surface area contributed by atoms with Crippen LogP contribution in [0.5, 0.6) is 0 Å². The minimum Gasteiger partial charge on any atom is -0.460 e. The van der Waals surface area contributed by atoms with E-state index >= 15 is 0 Å². The molecule has 0 spiro atoms. The Morgan fingerprint density at radius 1 is 1.26 bits per heavy atom. The fourth-order valence-corrected chi connectivity index (χ4v) is 2.13. The number of carbonyl (C=O) groups is 2. The van der Waals surface area contributed by atoms with Crippen LogP contribution in [0.4, 0.5) is 0 Å². The molecule has 1 aromatic rings. The molecule has 0 saturated carbocycles. The molecule has 1 rings (SSSR count). The van der Waals surface area contributed by atoms with Crippen molar-refractivity contribution in [3.05, 3.63) is 28.0 Å². The minimum atomic E-state index is -0.690. The van der Waals surface area contributed by atoms with Gasteiger partial charge in [-0.05, 0) is 45.7 Å². The molecule has 0 aliphatic carbocycles. The molecule has 5 nitrogen and oxygen atoms in total. The number of ether oxygens (including phenoxy) is 1. The van der Waals surface area contributed by atoms with Crippen molar-refractivity contribution in [3.8, 4) is 0 Å². The highest BCUT2D eigenvalue weighted by molar-refractivity contribution is 6.41. The third-order valence-corrected chi connectivity index (χ3v) is 3.67. The second kappa shape index (κ2) is 8.62. The van der Waals surface area contributed by atoms with E-state index in [4.69, 9.17) is 33.7 Å². The summed E-state index contributed by atoms with van der Waals surface area (Å²) in [6, 6.07) is 2.66. The topological polar surface area (TPSA) is 82.3 Å². The first kappa shape index (κ1) is 19.9. The van der Waals surface area contributed by atoms with Crippen molar-refractivity contribution in [2.75, 3.05) is 0 Å². The Morgan fingerprint density at radius 2 is 1.91 bits per heavy atom. The lowest BCUT2D eigenvalue weighted by Crippen LogP contribution is -2.32. The summed E-state index contributed by atoms with van der Waals surface area (Å²) < 4.78 is 5.18. The molecule has 1 aromatic heterocycles. The zero-order chi connectivity index (χ0) is 17.6. The van der Waals surface area contributed by atoms with Crippen molar-refractivity contribution in [1.82, 2.24) is 4.98 Å². The van der Waals surface area contributed by atoms with Crippen molar-refractivity contribution < 1.29 is 14.3 Å². The first-order valence-electron chi connectivity index (χ1n) is 7.39. The number of aryl methyl sites for hydroxylation is 1. The summed E-state index contributed by atoms with van der Waals surface area (Å²) in [7, 11) is 0. The fourth-order valence-electron chi connectivity index (χ4n) is 1.86. The molecule has 0 amide bonds. The molecular formula is C16H22Cl2N2O3. The van der Waals surface area contributed by atoms with Crippen LogP contribution in [0.25, 0.3) is 0 Å². The predicted molar refractivity (Wildman–Crippen MR) is 90.6 cm³/mol.